The summed E-state index contributed by atoms with van der Waals surface area (Å²) in [5.74, 6) is 1.06. The fourth-order valence-corrected chi connectivity index (χ4v) is 0.820. The maximum atomic E-state index is 11.3. The summed E-state index contributed by atoms with van der Waals surface area (Å²) in [5, 5.41) is 9.09. The Labute approximate surface area is 76.9 Å². The van der Waals surface area contributed by atoms with Gasteiger partial charge in [0, 0.05) is 6.54 Å². The standard InChI is InChI=1S/C8H14N4O/c1-5(2)4-9-8(13)7-10-6(3)11-12-7/h5H,4H2,1-3H3,(H,9,13)(H,10,11,12). The summed E-state index contributed by atoms with van der Waals surface area (Å²) in [6.07, 6.45) is 0. The van der Waals surface area contributed by atoms with Crippen LogP contribution in [0.4, 0.5) is 0 Å². The fourth-order valence-electron chi connectivity index (χ4n) is 0.820. The summed E-state index contributed by atoms with van der Waals surface area (Å²) in [4.78, 5) is 15.2. The van der Waals surface area contributed by atoms with Crippen molar-refractivity contribution in [2.45, 2.75) is 20.8 Å². The highest BCUT2D eigenvalue weighted by Gasteiger charge is 2.10. The van der Waals surface area contributed by atoms with Crippen LogP contribution < -0.4 is 5.32 Å². The average molecular weight is 182 g/mol. The SMILES string of the molecule is Cc1nc(C(=O)NCC(C)C)n[nH]1. The molecule has 0 aliphatic rings. The maximum absolute atomic E-state index is 11.3. The number of aryl methyl sites for hydroxylation is 1. The third kappa shape index (κ3) is 2.85. The second kappa shape index (κ2) is 4.02. The van der Waals surface area contributed by atoms with Crippen LogP contribution in [0.15, 0.2) is 0 Å². The van der Waals surface area contributed by atoms with Crippen molar-refractivity contribution in [3.8, 4) is 0 Å². The van der Waals surface area contributed by atoms with Gasteiger partial charge in [-0.2, -0.15) is 0 Å². The van der Waals surface area contributed by atoms with E-state index in [1.807, 2.05) is 13.8 Å². The normalized spacial score (nSPS) is 10.5. The summed E-state index contributed by atoms with van der Waals surface area (Å²) in [5.41, 5.74) is 0. The van der Waals surface area contributed by atoms with Gasteiger partial charge >= 0.3 is 0 Å². The third-order valence-corrected chi connectivity index (χ3v) is 1.47. The quantitative estimate of drug-likeness (QED) is 0.715. The molecular weight excluding hydrogens is 168 g/mol. The van der Waals surface area contributed by atoms with Crippen LogP contribution in [0.2, 0.25) is 0 Å². The van der Waals surface area contributed by atoms with E-state index < -0.39 is 0 Å². The summed E-state index contributed by atoms with van der Waals surface area (Å²) in [6.45, 7) is 6.46. The van der Waals surface area contributed by atoms with Crippen LogP contribution in [-0.2, 0) is 0 Å². The predicted molar refractivity (Wildman–Crippen MR) is 48.3 cm³/mol. The second-order valence-electron chi connectivity index (χ2n) is 3.35. The minimum Gasteiger partial charge on any atom is -0.349 e. The Hall–Kier alpha value is -1.39. The molecule has 0 unspecified atom stereocenters. The van der Waals surface area contributed by atoms with Gasteiger partial charge in [-0.3, -0.25) is 9.89 Å². The average Bonchev–Trinajstić information content (AvgIpc) is 2.47. The number of aromatic amines is 1. The Bertz CT molecular complexity index is 292. The number of aromatic nitrogens is 3. The second-order valence-corrected chi connectivity index (χ2v) is 3.35. The third-order valence-electron chi connectivity index (χ3n) is 1.47. The molecule has 2 N–H and O–H groups in total. The van der Waals surface area contributed by atoms with E-state index in [-0.39, 0.29) is 11.7 Å². The molecule has 1 heterocycles. The molecule has 0 atom stereocenters. The first-order chi connectivity index (χ1) is 6.09. The molecule has 0 aliphatic heterocycles. The highest BCUT2D eigenvalue weighted by atomic mass is 16.2. The summed E-state index contributed by atoms with van der Waals surface area (Å²) in [7, 11) is 0. The molecular formula is C8H14N4O. The molecule has 5 nitrogen and oxygen atoms in total. The number of carbonyl (C=O) groups excluding carboxylic acids is 1. The highest BCUT2D eigenvalue weighted by molar-refractivity contribution is 5.90. The van der Waals surface area contributed by atoms with Gasteiger partial charge < -0.3 is 5.32 Å². The van der Waals surface area contributed by atoms with Crippen molar-refractivity contribution in [3.63, 3.8) is 0 Å². The lowest BCUT2D eigenvalue weighted by Gasteiger charge is -2.04. The monoisotopic (exact) mass is 182 g/mol. The number of rotatable bonds is 3. The summed E-state index contributed by atoms with van der Waals surface area (Å²) in [6, 6.07) is 0. The van der Waals surface area contributed by atoms with Crippen molar-refractivity contribution in [1.82, 2.24) is 20.5 Å². The molecule has 5 heteroatoms. The molecule has 0 bridgehead atoms. The number of H-pyrrole nitrogens is 1. The summed E-state index contributed by atoms with van der Waals surface area (Å²) >= 11 is 0. The van der Waals surface area contributed by atoms with Crippen LogP contribution in [-0.4, -0.2) is 27.6 Å². The number of hydrogen-bond acceptors (Lipinski definition) is 3. The van der Waals surface area contributed by atoms with E-state index in [2.05, 4.69) is 20.5 Å². The molecule has 0 saturated heterocycles. The smallest absolute Gasteiger partial charge is 0.290 e. The van der Waals surface area contributed by atoms with Crippen molar-refractivity contribution in [3.05, 3.63) is 11.6 Å². The van der Waals surface area contributed by atoms with Gasteiger partial charge in [0.2, 0.25) is 5.82 Å². The van der Waals surface area contributed by atoms with Crippen molar-refractivity contribution in [1.29, 1.82) is 0 Å². The highest BCUT2D eigenvalue weighted by Crippen LogP contribution is 1.92. The lowest BCUT2D eigenvalue weighted by atomic mass is 10.2. The van der Waals surface area contributed by atoms with Crippen LogP contribution in [0, 0.1) is 12.8 Å². The minimum atomic E-state index is -0.224. The fraction of sp³-hybridized carbons (Fsp3) is 0.625. The van der Waals surface area contributed by atoms with Crippen LogP contribution in [0.5, 0.6) is 0 Å². The Morgan fingerprint density at radius 2 is 2.31 bits per heavy atom. The van der Waals surface area contributed by atoms with Crippen LogP contribution in [0.3, 0.4) is 0 Å². The molecule has 0 saturated carbocycles. The van der Waals surface area contributed by atoms with E-state index in [0.29, 0.717) is 18.3 Å². The van der Waals surface area contributed by atoms with Gasteiger partial charge in [0.1, 0.15) is 5.82 Å². The van der Waals surface area contributed by atoms with Crippen LogP contribution in [0.1, 0.15) is 30.3 Å². The zero-order valence-electron chi connectivity index (χ0n) is 8.09. The van der Waals surface area contributed by atoms with E-state index in [9.17, 15) is 4.79 Å². The van der Waals surface area contributed by atoms with Crippen LogP contribution in [0.25, 0.3) is 0 Å². The molecule has 72 valence electrons. The van der Waals surface area contributed by atoms with Gasteiger partial charge in [0.05, 0.1) is 0 Å². The van der Waals surface area contributed by atoms with E-state index in [0.717, 1.165) is 0 Å². The van der Waals surface area contributed by atoms with E-state index >= 15 is 0 Å². The van der Waals surface area contributed by atoms with Crippen LogP contribution >= 0.6 is 0 Å². The van der Waals surface area contributed by atoms with Gasteiger partial charge in [-0.25, -0.2) is 4.98 Å². The molecule has 1 aromatic heterocycles. The van der Waals surface area contributed by atoms with Gasteiger partial charge in [-0.15, -0.1) is 5.10 Å². The van der Waals surface area contributed by atoms with Crippen molar-refractivity contribution in [2.24, 2.45) is 5.92 Å². The van der Waals surface area contributed by atoms with Gasteiger partial charge in [0.25, 0.3) is 5.91 Å². The topological polar surface area (TPSA) is 70.7 Å². The first-order valence-corrected chi connectivity index (χ1v) is 4.27. The number of amides is 1. The zero-order chi connectivity index (χ0) is 9.84. The van der Waals surface area contributed by atoms with E-state index in [1.54, 1.807) is 6.92 Å². The molecule has 1 aromatic rings. The Morgan fingerprint density at radius 1 is 1.62 bits per heavy atom. The lowest BCUT2D eigenvalue weighted by molar-refractivity contribution is 0.0939. The molecule has 0 aromatic carbocycles. The molecule has 0 fully saturated rings. The molecule has 1 rings (SSSR count). The minimum absolute atomic E-state index is 0.207. The van der Waals surface area contributed by atoms with Crippen molar-refractivity contribution < 1.29 is 4.79 Å². The Kier molecular flexibility index (Phi) is 3.00. The van der Waals surface area contributed by atoms with Crippen molar-refractivity contribution in [2.75, 3.05) is 6.54 Å². The molecule has 13 heavy (non-hydrogen) atoms. The Morgan fingerprint density at radius 3 is 2.77 bits per heavy atom. The van der Waals surface area contributed by atoms with E-state index in [1.165, 1.54) is 0 Å². The first kappa shape index (κ1) is 9.70. The molecule has 0 aliphatic carbocycles. The zero-order valence-corrected chi connectivity index (χ0v) is 8.09. The lowest BCUT2D eigenvalue weighted by Crippen LogP contribution is -2.28. The molecule has 0 spiro atoms. The number of carbonyl (C=O) groups is 1. The molecule has 0 radical (unpaired) electrons. The largest absolute Gasteiger partial charge is 0.349 e. The van der Waals surface area contributed by atoms with Gasteiger partial charge in [0.15, 0.2) is 0 Å². The number of nitrogens with one attached hydrogen (secondary N) is 2. The number of hydrogen-bond donors (Lipinski definition) is 2. The Balaban J connectivity index is 2.49. The van der Waals surface area contributed by atoms with Gasteiger partial charge in [-0.05, 0) is 12.8 Å². The van der Waals surface area contributed by atoms with Crippen molar-refractivity contribution >= 4 is 5.91 Å². The summed E-state index contributed by atoms with van der Waals surface area (Å²) < 4.78 is 0. The predicted octanol–water partition coefficient (Wildman–Crippen LogP) is 0.499. The first-order valence-electron chi connectivity index (χ1n) is 4.27. The number of nitrogens with zero attached hydrogens (tertiary/aromatic N) is 2. The van der Waals surface area contributed by atoms with E-state index in [4.69, 9.17) is 0 Å². The maximum Gasteiger partial charge on any atom is 0.290 e. The van der Waals surface area contributed by atoms with Gasteiger partial charge in [-0.1, -0.05) is 13.8 Å². The molecule has 1 amide bonds.